The zero-order chi connectivity index (χ0) is 14.4. The van der Waals surface area contributed by atoms with Gasteiger partial charge in [-0.2, -0.15) is 0 Å². The van der Waals surface area contributed by atoms with Crippen molar-refractivity contribution in [1.82, 2.24) is 9.97 Å². The number of aryl methyl sites for hydroxylation is 1. The maximum Gasteiger partial charge on any atom is 0.145 e. The first-order valence-electron chi connectivity index (χ1n) is 7.41. The number of nitrogens with two attached hydrogens (primary N) is 1. The lowest BCUT2D eigenvalue weighted by Gasteiger charge is -2.28. The Labute approximate surface area is 120 Å². The van der Waals surface area contributed by atoms with Gasteiger partial charge < -0.3 is 15.5 Å². The summed E-state index contributed by atoms with van der Waals surface area (Å²) in [4.78, 5) is 8.91. The maximum absolute atomic E-state index is 5.47. The predicted molar refractivity (Wildman–Crippen MR) is 80.5 cm³/mol. The average Bonchev–Trinajstić information content (AvgIpc) is 2.48. The maximum atomic E-state index is 5.47. The second-order valence-corrected chi connectivity index (χ2v) is 5.33. The van der Waals surface area contributed by atoms with Crippen molar-refractivity contribution in [2.45, 2.75) is 45.6 Å². The van der Waals surface area contributed by atoms with Crippen LogP contribution >= 0.6 is 0 Å². The van der Waals surface area contributed by atoms with E-state index in [1.54, 1.807) is 0 Å². The molecule has 112 valence electrons. The summed E-state index contributed by atoms with van der Waals surface area (Å²) in [5, 5.41) is 3.48. The minimum Gasteiger partial charge on any atom is -0.381 e. The van der Waals surface area contributed by atoms with E-state index in [4.69, 9.17) is 10.6 Å². The van der Waals surface area contributed by atoms with Crippen molar-refractivity contribution in [3.05, 3.63) is 11.9 Å². The fraction of sp³-hybridized carbons (Fsp3) is 0.714. The predicted octanol–water partition coefficient (Wildman–Crippen LogP) is 1.94. The third kappa shape index (κ3) is 4.05. The molecule has 0 radical (unpaired) electrons. The van der Waals surface area contributed by atoms with E-state index in [1.807, 2.05) is 6.07 Å². The van der Waals surface area contributed by atoms with Gasteiger partial charge in [0, 0.05) is 31.7 Å². The lowest BCUT2D eigenvalue weighted by atomic mass is 9.93. The van der Waals surface area contributed by atoms with Crippen LogP contribution in [0.5, 0.6) is 0 Å². The number of hydrogen-bond donors (Lipinski definition) is 3. The molecule has 2 rings (SSSR count). The van der Waals surface area contributed by atoms with Crippen molar-refractivity contribution in [1.29, 1.82) is 0 Å². The summed E-state index contributed by atoms with van der Waals surface area (Å²) in [5.74, 6) is 8.42. The number of anilines is 2. The molecular formula is C14H25N5O. The van der Waals surface area contributed by atoms with E-state index in [0.717, 1.165) is 50.5 Å². The molecule has 0 aliphatic carbocycles. The quantitative estimate of drug-likeness (QED) is 0.545. The highest BCUT2D eigenvalue weighted by Gasteiger charge is 2.20. The van der Waals surface area contributed by atoms with Crippen molar-refractivity contribution in [2.24, 2.45) is 11.8 Å². The fourth-order valence-corrected chi connectivity index (χ4v) is 2.55. The van der Waals surface area contributed by atoms with E-state index in [0.29, 0.717) is 17.8 Å². The number of nitrogen functional groups attached to an aromatic ring is 1. The van der Waals surface area contributed by atoms with Crippen molar-refractivity contribution in [3.8, 4) is 0 Å². The summed E-state index contributed by atoms with van der Waals surface area (Å²) in [5.41, 5.74) is 2.61. The van der Waals surface area contributed by atoms with Gasteiger partial charge >= 0.3 is 0 Å². The SMILES string of the molecule is CCCc1nc(NN)cc(NC(C)C2CCOCC2)n1. The molecule has 20 heavy (non-hydrogen) atoms. The lowest BCUT2D eigenvalue weighted by Crippen LogP contribution is -2.31. The molecule has 1 unspecified atom stereocenters. The molecule has 1 aromatic rings. The number of nitrogens with zero attached hydrogens (tertiary/aromatic N) is 2. The molecule has 1 aromatic heterocycles. The molecular weight excluding hydrogens is 254 g/mol. The molecule has 1 aliphatic rings. The normalized spacial score (nSPS) is 17.8. The van der Waals surface area contributed by atoms with Gasteiger partial charge in [0.15, 0.2) is 0 Å². The summed E-state index contributed by atoms with van der Waals surface area (Å²) in [6, 6.07) is 2.23. The standard InChI is InChI=1S/C14H25N5O/c1-3-4-12-17-13(9-14(18-12)19-15)16-10(2)11-5-7-20-8-6-11/h9-11H,3-8,15H2,1-2H3,(H2,16,17,18,19). The van der Waals surface area contributed by atoms with Gasteiger partial charge in [-0.3, -0.25) is 0 Å². The second kappa shape index (κ2) is 7.40. The van der Waals surface area contributed by atoms with Crippen molar-refractivity contribution in [3.63, 3.8) is 0 Å². The highest BCUT2D eigenvalue weighted by Crippen LogP contribution is 2.22. The van der Waals surface area contributed by atoms with Crippen molar-refractivity contribution < 1.29 is 4.74 Å². The summed E-state index contributed by atoms with van der Waals surface area (Å²) in [6.07, 6.45) is 4.07. The van der Waals surface area contributed by atoms with Gasteiger partial charge in [-0.25, -0.2) is 15.8 Å². The Morgan fingerprint density at radius 1 is 1.35 bits per heavy atom. The minimum atomic E-state index is 0.369. The molecule has 0 spiro atoms. The second-order valence-electron chi connectivity index (χ2n) is 5.33. The molecule has 1 fully saturated rings. The molecule has 6 heteroatoms. The number of hydrogen-bond acceptors (Lipinski definition) is 6. The van der Waals surface area contributed by atoms with Crippen LogP contribution in [-0.2, 0) is 11.2 Å². The number of rotatable bonds is 6. The summed E-state index contributed by atoms with van der Waals surface area (Å²) in [7, 11) is 0. The third-order valence-corrected chi connectivity index (χ3v) is 3.74. The Bertz CT molecular complexity index is 420. The van der Waals surface area contributed by atoms with E-state index in [2.05, 4.69) is 34.6 Å². The largest absolute Gasteiger partial charge is 0.381 e. The van der Waals surface area contributed by atoms with Crippen LogP contribution in [0.3, 0.4) is 0 Å². The van der Waals surface area contributed by atoms with Crippen LogP contribution in [0, 0.1) is 5.92 Å². The number of ether oxygens (including phenoxy) is 1. The van der Waals surface area contributed by atoms with E-state index in [9.17, 15) is 0 Å². The lowest BCUT2D eigenvalue weighted by molar-refractivity contribution is 0.0622. The van der Waals surface area contributed by atoms with Crippen LogP contribution in [0.25, 0.3) is 0 Å². The fourth-order valence-electron chi connectivity index (χ4n) is 2.55. The Hall–Kier alpha value is -1.40. The molecule has 2 heterocycles. The Balaban J connectivity index is 2.04. The topological polar surface area (TPSA) is 85.1 Å². The van der Waals surface area contributed by atoms with Gasteiger partial charge in [-0.1, -0.05) is 6.92 Å². The Kier molecular flexibility index (Phi) is 5.55. The Morgan fingerprint density at radius 2 is 2.05 bits per heavy atom. The first-order valence-corrected chi connectivity index (χ1v) is 7.41. The smallest absolute Gasteiger partial charge is 0.145 e. The molecule has 4 N–H and O–H groups in total. The van der Waals surface area contributed by atoms with E-state index < -0.39 is 0 Å². The van der Waals surface area contributed by atoms with Gasteiger partial charge in [0.25, 0.3) is 0 Å². The first-order chi connectivity index (χ1) is 9.72. The zero-order valence-electron chi connectivity index (χ0n) is 12.4. The molecule has 0 aromatic carbocycles. The highest BCUT2D eigenvalue weighted by atomic mass is 16.5. The summed E-state index contributed by atoms with van der Waals surface area (Å²) >= 11 is 0. The van der Waals surface area contributed by atoms with E-state index >= 15 is 0 Å². The van der Waals surface area contributed by atoms with E-state index in [-0.39, 0.29) is 0 Å². The van der Waals surface area contributed by atoms with Crippen LogP contribution in [-0.4, -0.2) is 29.2 Å². The van der Waals surface area contributed by atoms with Crippen LogP contribution in [0.15, 0.2) is 6.07 Å². The molecule has 0 saturated carbocycles. The molecule has 6 nitrogen and oxygen atoms in total. The van der Waals surface area contributed by atoms with Crippen molar-refractivity contribution in [2.75, 3.05) is 24.0 Å². The van der Waals surface area contributed by atoms with Crippen LogP contribution < -0.4 is 16.6 Å². The minimum absolute atomic E-state index is 0.369. The monoisotopic (exact) mass is 279 g/mol. The molecule has 1 aliphatic heterocycles. The number of nitrogens with one attached hydrogen (secondary N) is 2. The zero-order valence-corrected chi connectivity index (χ0v) is 12.4. The molecule has 1 atom stereocenters. The van der Waals surface area contributed by atoms with Crippen LogP contribution in [0.1, 0.15) is 38.9 Å². The highest BCUT2D eigenvalue weighted by molar-refractivity contribution is 5.47. The average molecular weight is 279 g/mol. The number of aromatic nitrogens is 2. The summed E-state index contributed by atoms with van der Waals surface area (Å²) < 4.78 is 5.41. The molecule has 1 saturated heterocycles. The number of hydrazine groups is 1. The molecule has 0 bridgehead atoms. The van der Waals surface area contributed by atoms with Gasteiger partial charge in [0.05, 0.1) is 0 Å². The van der Waals surface area contributed by atoms with Gasteiger partial charge in [-0.15, -0.1) is 0 Å². The van der Waals surface area contributed by atoms with E-state index in [1.165, 1.54) is 0 Å². The summed E-state index contributed by atoms with van der Waals surface area (Å²) in [6.45, 7) is 6.03. The van der Waals surface area contributed by atoms with Crippen LogP contribution in [0.2, 0.25) is 0 Å². The first kappa shape index (κ1) is 15.0. The van der Waals surface area contributed by atoms with Gasteiger partial charge in [-0.05, 0) is 32.1 Å². The van der Waals surface area contributed by atoms with Gasteiger partial charge in [0.2, 0.25) is 0 Å². The molecule has 0 amide bonds. The van der Waals surface area contributed by atoms with Crippen LogP contribution in [0.4, 0.5) is 11.6 Å². The van der Waals surface area contributed by atoms with Crippen molar-refractivity contribution >= 4 is 11.6 Å². The van der Waals surface area contributed by atoms with Gasteiger partial charge in [0.1, 0.15) is 17.5 Å². The Morgan fingerprint density at radius 3 is 2.70 bits per heavy atom. The third-order valence-electron chi connectivity index (χ3n) is 3.74.